The highest BCUT2D eigenvalue weighted by Gasteiger charge is 2.33. The molecule has 1 heterocycles. The van der Waals surface area contributed by atoms with E-state index in [-0.39, 0.29) is 17.8 Å². The molecular formula is C14H17FO4. The van der Waals surface area contributed by atoms with Crippen molar-refractivity contribution in [3.8, 4) is 5.75 Å². The summed E-state index contributed by atoms with van der Waals surface area (Å²) in [6, 6.07) is 3.86. The molecule has 1 N–H and O–H groups in total. The van der Waals surface area contributed by atoms with Crippen LogP contribution in [-0.2, 0) is 4.74 Å². The van der Waals surface area contributed by atoms with Gasteiger partial charge in [-0.25, -0.2) is 4.39 Å². The predicted molar refractivity (Wildman–Crippen MR) is 66.6 cm³/mol. The summed E-state index contributed by atoms with van der Waals surface area (Å²) in [7, 11) is 0. The molecule has 2 rings (SSSR count). The van der Waals surface area contributed by atoms with E-state index in [0.717, 1.165) is 0 Å². The van der Waals surface area contributed by atoms with E-state index in [0.29, 0.717) is 5.75 Å². The highest BCUT2D eigenvalue weighted by molar-refractivity contribution is 5.99. The quantitative estimate of drug-likeness (QED) is 0.855. The Bertz CT molecular complexity index is 493. The van der Waals surface area contributed by atoms with Gasteiger partial charge in [-0.2, -0.15) is 0 Å². The number of hydrogen-bond acceptors (Lipinski definition) is 4. The third-order valence-corrected chi connectivity index (χ3v) is 2.90. The second-order valence-corrected chi connectivity index (χ2v) is 5.19. The van der Waals surface area contributed by atoms with E-state index in [1.807, 2.05) is 0 Å². The van der Waals surface area contributed by atoms with Crippen LogP contribution >= 0.6 is 0 Å². The summed E-state index contributed by atoms with van der Waals surface area (Å²) < 4.78 is 24.1. The van der Waals surface area contributed by atoms with Crippen molar-refractivity contribution in [2.45, 2.75) is 45.2 Å². The van der Waals surface area contributed by atoms with Crippen LogP contribution in [0.1, 0.15) is 37.6 Å². The molecule has 0 radical (unpaired) electrons. The second-order valence-electron chi connectivity index (χ2n) is 5.19. The molecule has 0 saturated carbocycles. The van der Waals surface area contributed by atoms with Crippen molar-refractivity contribution in [1.82, 2.24) is 0 Å². The summed E-state index contributed by atoms with van der Waals surface area (Å²) in [6.07, 6.45) is -0.840. The monoisotopic (exact) mass is 268 g/mol. The third-order valence-electron chi connectivity index (χ3n) is 2.90. The molecule has 0 bridgehead atoms. The van der Waals surface area contributed by atoms with Crippen molar-refractivity contribution in [2.75, 3.05) is 0 Å². The van der Waals surface area contributed by atoms with Crippen molar-refractivity contribution in [3.63, 3.8) is 0 Å². The Kier molecular flexibility index (Phi) is 3.60. The molecule has 19 heavy (non-hydrogen) atoms. The maximum Gasteiger partial charge on any atom is 0.170 e. The number of ether oxygens (including phenoxy) is 2. The number of aliphatic hydroxyl groups is 1. The largest absolute Gasteiger partial charge is 0.486 e. The van der Waals surface area contributed by atoms with Gasteiger partial charge >= 0.3 is 0 Å². The predicted octanol–water partition coefficient (Wildman–Crippen LogP) is 2.29. The lowest BCUT2D eigenvalue weighted by atomic mass is 9.98. The Hall–Kier alpha value is -1.46. The molecule has 1 aliphatic rings. The Morgan fingerprint density at radius 1 is 1.53 bits per heavy atom. The first-order valence-electron chi connectivity index (χ1n) is 6.16. The highest BCUT2D eigenvalue weighted by Crippen LogP contribution is 2.30. The third kappa shape index (κ3) is 3.30. The fourth-order valence-corrected chi connectivity index (χ4v) is 2.11. The van der Waals surface area contributed by atoms with Crippen LogP contribution in [0.3, 0.4) is 0 Å². The molecule has 1 aromatic rings. The average molecular weight is 268 g/mol. The van der Waals surface area contributed by atoms with Gasteiger partial charge in [-0.15, -0.1) is 0 Å². The molecule has 0 aromatic heterocycles. The van der Waals surface area contributed by atoms with E-state index in [2.05, 4.69) is 0 Å². The molecule has 4 nitrogen and oxygen atoms in total. The lowest BCUT2D eigenvalue weighted by Crippen LogP contribution is -2.41. The SMILES string of the molecule is CC(OC(C)(C)O)C1CC(=O)c2cc(F)ccc2O1. The van der Waals surface area contributed by atoms with E-state index in [1.54, 1.807) is 6.92 Å². The van der Waals surface area contributed by atoms with Crippen molar-refractivity contribution in [3.05, 3.63) is 29.6 Å². The summed E-state index contributed by atoms with van der Waals surface area (Å²) in [5.74, 6) is -1.59. The minimum absolute atomic E-state index is 0.105. The van der Waals surface area contributed by atoms with Crippen molar-refractivity contribution in [2.24, 2.45) is 0 Å². The minimum Gasteiger partial charge on any atom is -0.486 e. The van der Waals surface area contributed by atoms with Crippen molar-refractivity contribution < 1.29 is 23.8 Å². The van der Waals surface area contributed by atoms with Gasteiger partial charge in [0.05, 0.1) is 18.1 Å². The van der Waals surface area contributed by atoms with Crippen LogP contribution in [0.2, 0.25) is 0 Å². The van der Waals surface area contributed by atoms with Gasteiger partial charge in [-0.1, -0.05) is 0 Å². The smallest absolute Gasteiger partial charge is 0.170 e. The standard InChI is InChI=1S/C14H17FO4/c1-8(19-14(2,3)17)13-7-11(16)10-6-9(15)4-5-12(10)18-13/h4-6,8,13,17H,7H2,1-3H3. The summed E-state index contributed by atoms with van der Waals surface area (Å²) in [5, 5.41) is 9.60. The van der Waals surface area contributed by atoms with Crippen molar-refractivity contribution in [1.29, 1.82) is 0 Å². The van der Waals surface area contributed by atoms with E-state index >= 15 is 0 Å². The van der Waals surface area contributed by atoms with Gasteiger partial charge in [0.2, 0.25) is 0 Å². The minimum atomic E-state index is -1.30. The molecule has 0 fully saturated rings. The Morgan fingerprint density at radius 2 is 2.21 bits per heavy atom. The van der Waals surface area contributed by atoms with Crippen LogP contribution in [0.15, 0.2) is 18.2 Å². The molecule has 1 aromatic carbocycles. The van der Waals surface area contributed by atoms with Crippen LogP contribution in [0.4, 0.5) is 4.39 Å². The highest BCUT2D eigenvalue weighted by atomic mass is 19.1. The number of rotatable bonds is 3. The zero-order valence-electron chi connectivity index (χ0n) is 11.1. The first-order chi connectivity index (χ1) is 8.76. The summed E-state index contributed by atoms with van der Waals surface area (Å²) in [4.78, 5) is 12.0. The Morgan fingerprint density at radius 3 is 2.84 bits per heavy atom. The molecule has 1 aliphatic heterocycles. The maximum atomic E-state index is 13.1. The number of hydrogen-bond donors (Lipinski definition) is 1. The normalized spacial score (nSPS) is 20.7. The van der Waals surface area contributed by atoms with Crippen LogP contribution in [-0.4, -0.2) is 28.9 Å². The number of halogens is 1. The number of Topliss-reactive ketones (excluding diaryl/α,β-unsaturated/α-hetero) is 1. The van der Waals surface area contributed by atoms with Crippen LogP contribution in [0, 0.1) is 5.82 Å². The average Bonchev–Trinajstić information content (AvgIpc) is 2.27. The maximum absolute atomic E-state index is 13.1. The van der Waals surface area contributed by atoms with Gasteiger partial charge in [0.1, 0.15) is 17.7 Å². The molecule has 0 aliphatic carbocycles. The van der Waals surface area contributed by atoms with Crippen LogP contribution < -0.4 is 4.74 Å². The number of carbonyl (C=O) groups is 1. The number of fused-ring (bicyclic) bond motifs is 1. The number of ketones is 1. The molecule has 0 spiro atoms. The van der Waals surface area contributed by atoms with E-state index in [4.69, 9.17) is 9.47 Å². The van der Waals surface area contributed by atoms with Gasteiger partial charge < -0.3 is 14.6 Å². The summed E-state index contributed by atoms with van der Waals surface area (Å²) >= 11 is 0. The zero-order valence-corrected chi connectivity index (χ0v) is 11.1. The Balaban J connectivity index is 2.17. The Labute approximate surface area is 111 Å². The molecule has 104 valence electrons. The van der Waals surface area contributed by atoms with Crippen LogP contribution in [0.25, 0.3) is 0 Å². The molecule has 2 unspecified atom stereocenters. The lowest BCUT2D eigenvalue weighted by molar-refractivity contribution is -0.217. The van der Waals surface area contributed by atoms with Gasteiger partial charge in [-0.3, -0.25) is 4.79 Å². The zero-order chi connectivity index (χ0) is 14.2. The van der Waals surface area contributed by atoms with Gasteiger partial charge in [-0.05, 0) is 39.0 Å². The molecular weight excluding hydrogens is 251 g/mol. The lowest BCUT2D eigenvalue weighted by Gasteiger charge is -2.32. The van der Waals surface area contributed by atoms with Gasteiger partial charge in [0.25, 0.3) is 0 Å². The molecule has 5 heteroatoms. The van der Waals surface area contributed by atoms with Gasteiger partial charge in [0, 0.05) is 0 Å². The topological polar surface area (TPSA) is 55.8 Å². The van der Waals surface area contributed by atoms with E-state index in [9.17, 15) is 14.3 Å². The van der Waals surface area contributed by atoms with E-state index < -0.39 is 23.8 Å². The molecule has 0 amide bonds. The van der Waals surface area contributed by atoms with Gasteiger partial charge in [0.15, 0.2) is 11.6 Å². The van der Waals surface area contributed by atoms with Crippen molar-refractivity contribution >= 4 is 5.78 Å². The fraction of sp³-hybridized carbons (Fsp3) is 0.500. The number of carbonyl (C=O) groups excluding carboxylic acids is 1. The molecule has 2 atom stereocenters. The molecule has 0 saturated heterocycles. The first kappa shape index (κ1) is 14.0. The summed E-state index contributed by atoms with van der Waals surface area (Å²) in [5.41, 5.74) is 0.256. The summed E-state index contributed by atoms with van der Waals surface area (Å²) in [6.45, 7) is 4.75. The van der Waals surface area contributed by atoms with Crippen LogP contribution in [0.5, 0.6) is 5.75 Å². The van der Waals surface area contributed by atoms with E-state index in [1.165, 1.54) is 32.0 Å². The fourth-order valence-electron chi connectivity index (χ4n) is 2.11. The second kappa shape index (κ2) is 4.90. The number of benzene rings is 1. The first-order valence-corrected chi connectivity index (χ1v) is 6.16.